The largest absolute Gasteiger partial charge is 0.308 e. The van der Waals surface area contributed by atoms with Crippen LogP contribution in [-0.4, -0.2) is 8.41 Å². The van der Waals surface area contributed by atoms with E-state index in [-0.39, 0.29) is 5.19 Å². The SMILES string of the molecule is C[Si](C)(F)c1cccc(F)c1F. The highest BCUT2D eigenvalue weighted by Crippen LogP contribution is 2.10. The second kappa shape index (κ2) is 2.93. The first-order chi connectivity index (χ1) is 5.43. The molecule has 0 aliphatic heterocycles. The number of rotatable bonds is 1. The van der Waals surface area contributed by atoms with E-state index in [0.29, 0.717) is 0 Å². The highest BCUT2D eigenvalue weighted by molar-refractivity contribution is 6.83. The monoisotopic (exact) mass is 190 g/mol. The quantitative estimate of drug-likeness (QED) is 0.471. The summed E-state index contributed by atoms with van der Waals surface area (Å²) in [6, 6.07) is 3.60. The number of hydrogen-bond donors (Lipinski definition) is 0. The Kier molecular flexibility index (Phi) is 2.28. The molecule has 0 nitrogen and oxygen atoms in total. The summed E-state index contributed by atoms with van der Waals surface area (Å²) < 4.78 is 38.8. The average molecular weight is 190 g/mol. The van der Waals surface area contributed by atoms with Crippen LogP contribution in [-0.2, 0) is 0 Å². The molecule has 0 bridgehead atoms. The Morgan fingerprint density at radius 3 is 2.17 bits per heavy atom. The molecule has 1 aromatic rings. The van der Waals surface area contributed by atoms with Crippen LogP contribution < -0.4 is 5.19 Å². The molecule has 0 saturated carbocycles. The summed E-state index contributed by atoms with van der Waals surface area (Å²) in [6.07, 6.45) is 0. The third-order valence-electron chi connectivity index (χ3n) is 1.59. The third kappa shape index (κ3) is 1.69. The van der Waals surface area contributed by atoms with Gasteiger partial charge in [-0.05, 0) is 19.2 Å². The summed E-state index contributed by atoms with van der Waals surface area (Å²) in [5.74, 6) is -2.03. The van der Waals surface area contributed by atoms with E-state index in [9.17, 15) is 12.9 Å². The number of hydrogen-bond acceptors (Lipinski definition) is 0. The van der Waals surface area contributed by atoms with Gasteiger partial charge in [0.1, 0.15) is 0 Å². The lowest BCUT2D eigenvalue weighted by atomic mass is 10.3. The van der Waals surface area contributed by atoms with Gasteiger partial charge in [0.2, 0.25) is 0 Å². The maximum atomic E-state index is 13.3. The molecule has 66 valence electrons. The van der Waals surface area contributed by atoms with Crippen LogP contribution in [0.2, 0.25) is 13.1 Å². The minimum Gasteiger partial charge on any atom is -0.308 e. The standard InChI is InChI=1S/C8H9F3Si/c1-12(2,11)7-5-3-4-6(9)8(7)10/h3-5H,1-2H3. The molecule has 0 N–H and O–H groups in total. The maximum absolute atomic E-state index is 13.3. The first-order valence-electron chi connectivity index (χ1n) is 3.56. The molecule has 4 heteroatoms. The van der Waals surface area contributed by atoms with Gasteiger partial charge in [0.05, 0.1) is 0 Å². The summed E-state index contributed by atoms with van der Waals surface area (Å²) in [5, 5.41) is -0.109. The fourth-order valence-electron chi connectivity index (χ4n) is 0.963. The molecular weight excluding hydrogens is 181 g/mol. The van der Waals surface area contributed by atoms with Crippen molar-refractivity contribution in [1.29, 1.82) is 0 Å². The summed E-state index contributed by atoms with van der Waals surface area (Å²) in [4.78, 5) is 0. The van der Waals surface area contributed by atoms with Gasteiger partial charge < -0.3 is 4.11 Å². The van der Waals surface area contributed by atoms with Gasteiger partial charge in [-0.2, -0.15) is 0 Å². The number of halogens is 3. The van der Waals surface area contributed by atoms with E-state index in [0.717, 1.165) is 6.07 Å². The Morgan fingerprint density at radius 2 is 1.75 bits per heavy atom. The second-order valence-electron chi connectivity index (χ2n) is 3.07. The van der Waals surface area contributed by atoms with Crippen LogP contribution in [0, 0.1) is 11.6 Å². The van der Waals surface area contributed by atoms with Gasteiger partial charge in [0.15, 0.2) is 11.6 Å². The van der Waals surface area contributed by atoms with Crippen molar-refractivity contribution in [3.8, 4) is 0 Å². The van der Waals surface area contributed by atoms with E-state index < -0.39 is 20.0 Å². The molecule has 0 spiro atoms. The predicted octanol–water partition coefficient (Wildman–Crippen LogP) is 2.35. The highest BCUT2D eigenvalue weighted by Gasteiger charge is 2.28. The zero-order chi connectivity index (χ0) is 9.35. The zero-order valence-electron chi connectivity index (χ0n) is 6.87. The van der Waals surface area contributed by atoms with Crippen molar-refractivity contribution < 1.29 is 12.9 Å². The van der Waals surface area contributed by atoms with Gasteiger partial charge in [-0.15, -0.1) is 0 Å². The minimum absolute atomic E-state index is 0.109. The topological polar surface area (TPSA) is 0 Å². The lowest BCUT2D eigenvalue weighted by Crippen LogP contribution is -2.39. The van der Waals surface area contributed by atoms with Crippen LogP contribution in [0.1, 0.15) is 0 Å². The molecule has 0 atom stereocenters. The predicted molar refractivity (Wildman–Crippen MR) is 44.6 cm³/mol. The van der Waals surface area contributed by atoms with Crippen molar-refractivity contribution in [3.05, 3.63) is 29.8 Å². The molecule has 0 fully saturated rings. The van der Waals surface area contributed by atoms with E-state index in [2.05, 4.69) is 0 Å². The van der Waals surface area contributed by atoms with E-state index in [4.69, 9.17) is 0 Å². The molecule has 12 heavy (non-hydrogen) atoms. The average Bonchev–Trinajstić information content (AvgIpc) is 1.92. The Morgan fingerprint density at radius 1 is 1.17 bits per heavy atom. The normalized spacial score (nSPS) is 11.8. The Bertz CT molecular complexity index is 291. The van der Waals surface area contributed by atoms with Crippen LogP contribution in [0.3, 0.4) is 0 Å². The molecular formula is C8H9F3Si. The van der Waals surface area contributed by atoms with E-state index in [1.165, 1.54) is 25.2 Å². The van der Waals surface area contributed by atoms with Gasteiger partial charge >= 0.3 is 0 Å². The van der Waals surface area contributed by atoms with Crippen molar-refractivity contribution in [2.45, 2.75) is 13.1 Å². The molecule has 0 unspecified atom stereocenters. The van der Waals surface area contributed by atoms with E-state index in [1.54, 1.807) is 0 Å². The summed E-state index contributed by atoms with van der Waals surface area (Å²) in [5.41, 5.74) is 0. The fourth-order valence-corrected chi connectivity index (χ4v) is 2.10. The third-order valence-corrected chi connectivity index (χ3v) is 3.26. The van der Waals surface area contributed by atoms with Gasteiger partial charge in [-0.25, -0.2) is 8.78 Å². The van der Waals surface area contributed by atoms with Gasteiger partial charge in [0, 0.05) is 5.19 Å². The van der Waals surface area contributed by atoms with E-state index >= 15 is 0 Å². The molecule has 0 amide bonds. The second-order valence-corrected chi connectivity index (χ2v) is 6.56. The molecule has 0 radical (unpaired) electrons. The molecule has 0 aliphatic carbocycles. The lowest BCUT2D eigenvalue weighted by molar-refractivity contribution is 0.512. The first kappa shape index (κ1) is 9.32. The van der Waals surface area contributed by atoms with Crippen molar-refractivity contribution in [2.24, 2.45) is 0 Å². The first-order valence-corrected chi connectivity index (χ1v) is 6.44. The van der Waals surface area contributed by atoms with Crippen LogP contribution in [0.25, 0.3) is 0 Å². The number of benzene rings is 1. The zero-order valence-corrected chi connectivity index (χ0v) is 7.87. The molecule has 0 heterocycles. The molecule has 1 aromatic carbocycles. The molecule has 1 rings (SSSR count). The molecule has 0 saturated heterocycles. The summed E-state index contributed by atoms with van der Waals surface area (Å²) in [7, 11) is -3.22. The van der Waals surface area contributed by atoms with Gasteiger partial charge in [-0.3, -0.25) is 0 Å². The lowest BCUT2D eigenvalue weighted by Gasteiger charge is -2.12. The Hall–Kier alpha value is -0.773. The van der Waals surface area contributed by atoms with Crippen LogP contribution in [0.15, 0.2) is 18.2 Å². The van der Waals surface area contributed by atoms with Crippen molar-refractivity contribution in [1.82, 2.24) is 0 Å². The molecule has 0 aliphatic rings. The van der Waals surface area contributed by atoms with Crippen LogP contribution >= 0.6 is 0 Å². The fraction of sp³-hybridized carbons (Fsp3) is 0.250. The van der Waals surface area contributed by atoms with E-state index in [1.807, 2.05) is 0 Å². The van der Waals surface area contributed by atoms with Crippen LogP contribution in [0.4, 0.5) is 12.9 Å². The highest BCUT2D eigenvalue weighted by atomic mass is 28.4. The maximum Gasteiger partial charge on any atom is 0.274 e. The van der Waals surface area contributed by atoms with Crippen LogP contribution in [0.5, 0.6) is 0 Å². The van der Waals surface area contributed by atoms with Crippen molar-refractivity contribution in [2.75, 3.05) is 0 Å². The minimum atomic E-state index is -3.22. The van der Waals surface area contributed by atoms with Gasteiger partial charge in [0.25, 0.3) is 8.41 Å². The smallest absolute Gasteiger partial charge is 0.274 e. The molecule has 0 aromatic heterocycles. The Balaban J connectivity index is 3.26. The Labute approximate surface area is 70.2 Å². The summed E-state index contributed by atoms with van der Waals surface area (Å²) >= 11 is 0. The van der Waals surface area contributed by atoms with Crippen molar-refractivity contribution >= 4 is 13.6 Å². The summed E-state index contributed by atoms with van der Waals surface area (Å²) in [6.45, 7) is 2.65. The van der Waals surface area contributed by atoms with Crippen molar-refractivity contribution in [3.63, 3.8) is 0 Å². The van der Waals surface area contributed by atoms with Gasteiger partial charge in [-0.1, -0.05) is 12.1 Å².